The van der Waals surface area contributed by atoms with E-state index in [1.54, 1.807) is 18.3 Å². The second-order valence-electron chi connectivity index (χ2n) is 23.1. The molecular formula is C56H71N11O6. The third kappa shape index (κ3) is 8.90. The van der Waals surface area contributed by atoms with Gasteiger partial charge >= 0.3 is 6.03 Å². The first-order valence-electron chi connectivity index (χ1n) is 27.5. The van der Waals surface area contributed by atoms with Crippen LogP contribution in [0.4, 0.5) is 22.0 Å². The first-order chi connectivity index (χ1) is 35.3. The number of benzene rings is 1. The second kappa shape index (κ2) is 19.0. The third-order valence-electron chi connectivity index (χ3n) is 18.1. The van der Waals surface area contributed by atoms with Gasteiger partial charge in [-0.1, -0.05) is 25.5 Å². The van der Waals surface area contributed by atoms with Gasteiger partial charge in [-0.2, -0.15) is 0 Å². The molecule has 6 amide bonds. The van der Waals surface area contributed by atoms with Gasteiger partial charge in [0.1, 0.15) is 11.6 Å². The van der Waals surface area contributed by atoms with E-state index in [-0.39, 0.29) is 54.2 Å². The molecule has 2 N–H and O–H groups in total. The molecule has 0 unspecified atom stereocenters. The van der Waals surface area contributed by atoms with Crippen LogP contribution >= 0.6 is 0 Å². The van der Waals surface area contributed by atoms with Gasteiger partial charge in [0.2, 0.25) is 29.5 Å². The molecule has 1 aromatic carbocycles. The Hall–Kier alpha value is -6.10. The maximum absolute atomic E-state index is 15.3. The van der Waals surface area contributed by atoms with E-state index in [4.69, 9.17) is 14.7 Å². The van der Waals surface area contributed by atoms with Crippen LogP contribution in [0.15, 0.2) is 48.9 Å². The van der Waals surface area contributed by atoms with Gasteiger partial charge in [-0.3, -0.25) is 29.4 Å². The first kappa shape index (κ1) is 47.9. The highest BCUT2D eigenvalue weighted by Gasteiger charge is 2.56. The predicted octanol–water partition coefficient (Wildman–Crippen LogP) is 7.59. The molecule has 5 aliphatic heterocycles. The van der Waals surface area contributed by atoms with E-state index in [0.29, 0.717) is 82.1 Å². The van der Waals surface area contributed by atoms with Crippen molar-refractivity contribution in [3.63, 3.8) is 0 Å². The Kier molecular flexibility index (Phi) is 12.5. The highest BCUT2D eigenvalue weighted by atomic mass is 16.5. The molecule has 7 fully saturated rings. The van der Waals surface area contributed by atoms with E-state index in [0.717, 1.165) is 104 Å². The van der Waals surface area contributed by atoms with Crippen molar-refractivity contribution in [2.75, 3.05) is 60.9 Å². The van der Waals surface area contributed by atoms with Crippen LogP contribution in [0.2, 0.25) is 0 Å². The molecule has 4 saturated heterocycles. The van der Waals surface area contributed by atoms with Crippen LogP contribution in [-0.4, -0.2) is 134 Å². The van der Waals surface area contributed by atoms with Crippen LogP contribution in [-0.2, 0) is 24.6 Å². The van der Waals surface area contributed by atoms with Crippen LogP contribution in [0, 0.1) is 11.3 Å². The summed E-state index contributed by atoms with van der Waals surface area (Å²) < 4.78 is 8.40. The van der Waals surface area contributed by atoms with Crippen LogP contribution in [0.3, 0.4) is 0 Å². The normalized spacial score (nSPS) is 26.3. The van der Waals surface area contributed by atoms with Crippen molar-refractivity contribution in [3.8, 4) is 17.1 Å². The number of nitrogens with one attached hydrogen (secondary N) is 2. The monoisotopic (exact) mass is 994 g/mol. The summed E-state index contributed by atoms with van der Waals surface area (Å²) in [5.74, 6) is 1.48. The van der Waals surface area contributed by atoms with Gasteiger partial charge in [0.05, 0.1) is 34.8 Å². The topological polar surface area (TPSA) is 178 Å². The van der Waals surface area contributed by atoms with Gasteiger partial charge in [0.25, 0.3) is 0 Å². The van der Waals surface area contributed by atoms with Gasteiger partial charge < -0.3 is 34.2 Å². The molecule has 8 heterocycles. The number of carbonyl (C=O) groups is 5. The number of nitrogens with zero attached hydrogens (tertiary/aromatic N) is 9. The number of anilines is 3. The minimum atomic E-state index is -0.690. The fourth-order valence-corrected chi connectivity index (χ4v) is 13.2. The fraction of sp³-hybridized carbons (Fsp3) is 0.607. The SMILES string of the molecule is CC(C)n1cnc2cc(-c3ccc4c(c3)N([C@H]3C[C@@H](N5CCCCC5)C3)C(=O)C43CCN(C(=O)C4(C)CCN(C(=O)[C@H]5CC[C@H](Oc6ccc(N7CCC(=O)NC7=O)cn6)CC5)CC4)CC3)nc(NC3CC3)c21. The fourth-order valence-electron chi connectivity index (χ4n) is 13.2. The minimum Gasteiger partial charge on any atom is -0.474 e. The van der Waals surface area contributed by atoms with Crippen molar-refractivity contribution in [3.05, 3.63) is 54.5 Å². The number of urea groups is 1. The lowest BCUT2D eigenvalue weighted by atomic mass is 9.72. The molecule has 0 atom stereocenters. The maximum Gasteiger partial charge on any atom is 0.328 e. The lowest BCUT2D eigenvalue weighted by Crippen LogP contribution is -2.59. The molecule has 3 aliphatic carbocycles. The Morgan fingerprint density at radius 1 is 0.808 bits per heavy atom. The standard InChI is InChI=1S/C56H71N11O6/c1-35(2)66-34-58-45-32-44(60-50(49(45)66)59-38-10-11-38)37-9-15-43-46(29-37)67(41-30-40(31-41)62-22-5-4-6-23-62)53(71)56(43)20-27-64(28-21-56)52(70)55(3)18-25-63(26-19-55)51(69)36-7-13-42(14-8-36)73-48-16-12-39(33-57-48)65-24-17-47(68)61-54(65)72/h9,12,15-16,29,32-36,38,40-42H,4-8,10-11,13-14,17-28,30-31H2,1-3H3,(H,59,60)(H,61,68,72)/t36-,40-,41+,42-. The van der Waals surface area contributed by atoms with Crippen LogP contribution in [0.1, 0.15) is 135 Å². The summed E-state index contributed by atoms with van der Waals surface area (Å²) in [4.78, 5) is 92.4. The van der Waals surface area contributed by atoms with E-state index in [1.807, 2.05) is 16.1 Å². The largest absolute Gasteiger partial charge is 0.474 e. The quantitative estimate of drug-likeness (QED) is 0.151. The molecule has 12 rings (SSSR count). The van der Waals surface area contributed by atoms with E-state index in [2.05, 4.69) is 75.0 Å². The zero-order chi connectivity index (χ0) is 50.2. The molecule has 386 valence electrons. The van der Waals surface area contributed by atoms with Crippen molar-refractivity contribution in [2.24, 2.45) is 11.3 Å². The van der Waals surface area contributed by atoms with Crippen LogP contribution < -0.4 is 25.2 Å². The molecule has 4 aromatic rings. The van der Waals surface area contributed by atoms with E-state index >= 15 is 4.79 Å². The maximum atomic E-state index is 15.3. The summed E-state index contributed by atoms with van der Waals surface area (Å²) in [6.45, 7) is 11.2. The number of aromatic nitrogens is 4. The molecule has 17 nitrogen and oxygen atoms in total. The van der Waals surface area contributed by atoms with Crippen molar-refractivity contribution in [1.29, 1.82) is 0 Å². The average molecular weight is 994 g/mol. The molecule has 73 heavy (non-hydrogen) atoms. The van der Waals surface area contributed by atoms with E-state index in [9.17, 15) is 19.2 Å². The molecule has 3 aromatic heterocycles. The van der Waals surface area contributed by atoms with Gasteiger partial charge in [0.15, 0.2) is 5.82 Å². The Balaban J connectivity index is 0.691. The van der Waals surface area contributed by atoms with Crippen LogP contribution in [0.25, 0.3) is 22.3 Å². The Labute approximate surface area is 427 Å². The number of piperidine rings is 3. The number of likely N-dealkylation sites (tertiary alicyclic amines) is 3. The Bertz CT molecular complexity index is 2790. The van der Waals surface area contributed by atoms with E-state index in [1.165, 1.54) is 24.2 Å². The number of amides is 6. The van der Waals surface area contributed by atoms with Gasteiger partial charge in [0, 0.05) is 92.0 Å². The predicted molar refractivity (Wildman–Crippen MR) is 277 cm³/mol. The number of imidazole rings is 1. The van der Waals surface area contributed by atoms with Gasteiger partial charge in [-0.25, -0.2) is 19.7 Å². The van der Waals surface area contributed by atoms with Crippen molar-refractivity contribution >= 4 is 57.9 Å². The number of rotatable bonds is 11. The summed E-state index contributed by atoms with van der Waals surface area (Å²) in [6.07, 6.45) is 17.1. The molecule has 8 aliphatic rings. The molecule has 0 radical (unpaired) electrons. The van der Waals surface area contributed by atoms with Crippen molar-refractivity contribution < 1.29 is 28.7 Å². The third-order valence-corrected chi connectivity index (χ3v) is 18.1. The summed E-state index contributed by atoms with van der Waals surface area (Å²) in [5, 5.41) is 6.04. The smallest absolute Gasteiger partial charge is 0.328 e. The second-order valence-corrected chi connectivity index (χ2v) is 23.1. The van der Waals surface area contributed by atoms with Crippen molar-refractivity contribution in [1.82, 2.24) is 39.5 Å². The highest BCUT2D eigenvalue weighted by Crippen LogP contribution is 2.53. The molecule has 0 bridgehead atoms. The molecule has 1 spiro atoms. The Morgan fingerprint density at radius 3 is 2.23 bits per heavy atom. The molecule has 3 saturated carbocycles. The van der Waals surface area contributed by atoms with Crippen LogP contribution in [0.5, 0.6) is 5.88 Å². The summed E-state index contributed by atoms with van der Waals surface area (Å²) in [6, 6.07) is 13.1. The first-order valence-corrected chi connectivity index (χ1v) is 27.5. The molecule has 17 heteroatoms. The number of imide groups is 1. The van der Waals surface area contributed by atoms with E-state index < -0.39 is 16.9 Å². The average Bonchev–Trinajstić information content (AvgIpc) is 4.06. The Morgan fingerprint density at radius 2 is 1.55 bits per heavy atom. The number of hydrogen-bond acceptors (Lipinski definition) is 11. The lowest BCUT2D eigenvalue weighted by molar-refractivity contribution is -0.150. The number of pyridine rings is 2. The minimum absolute atomic E-state index is 0.0604. The van der Waals surface area contributed by atoms with Gasteiger partial charge in [-0.05, 0) is 141 Å². The summed E-state index contributed by atoms with van der Waals surface area (Å²) >= 11 is 0. The number of carbonyl (C=O) groups excluding carboxylic acids is 5. The lowest BCUT2D eigenvalue weighted by Gasteiger charge is -2.48. The van der Waals surface area contributed by atoms with Crippen molar-refractivity contribution in [2.45, 2.75) is 159 Å². The molecular weight excluding hydrogens is 923 g/mol. The highest BCUT2D eigenvalue weighted by molar-refractivity contribution is 6.10. The number of hydrogen-bond donors (Lipinski definition) is 2. The van der Waals surface area contributed by atoms with Gasteiger partial charge in [-0.15, -0.1) is 0 Å². The summed E-state index contributed by atoms with van der Waals surface area (Å²) in [7, 11) is 0. The summed E-state index contributed by atoms with van der Waals surface area (Å²) in [5.41, 5.74) is 5.21. The zero-order valence-electron chi connectivity index (χ0n) is 42.8. The zero-order valence-corrected chi connectivity index (χ0v) is 42.8. The number of fused-ring (bicyclic) bond motifs is 3. The number of ether oxygens (including phenoxy) is 1.